The van der Waals surface area contributed by atoms with Crippen molar-refractivity contribution in [1.82, 2.24) is 10.6 Å². The van der Waals surface area contributed by atoms with E-state index in [1.54, 1.807) is 25.1 Å². The molecule has 178 valence electrons. The normalized spacial score (nSPS) is 14.5. The molecule has 0 radical (unpaired) electrons. The summed E-state index contributed by atoms with van der Waals surface area (Å²) in [7, 11) is 0. The van der Waals surface area contributed by atoms with Crippen molar-refractivity contribution in [2.45, 2.75) is 44.7 Å². The Morgan fingerprint density at radius 1 is 1.12 bits per heavy atom. The Labute approximate surface area is 196 Å². The zero-order valence-corrected chi connectivity index (χ0v) is 18.8. The van der Waals surface area contributed by atoms with Gasteiger partial charge in [-0.05, 0) is 62.2 Å². The zero-order chi connectivity index (χ0) is 24.1. The maximum Gasteiger partial charge on any atom is 0.287 e. The molecule has 1 saturated carbocycles. The first kappa shape index (κ1) is 23.3. The van der Waals surface area contributed by atoms with Crippen LogP contribution in [0.3, 0.4) is 0 Å². The molecule has 1 atom stereocenters. The number of hydrogen-bond acceptors (Lipinski definition) is 5. The molecule has 1 aliphatic rings. The summed E-state index contributed by atoms with van der Waals surface area (Å²) in [6.07, 6.45) is 5.07. The van der Waals surface area contributed by atoms with E-state index in [2.05, 4.69) is 10.6 Å². The highest BCUT2D eigenvalue weighted by Gasteiger charge is 2.36. The van der Waals surface area contributed by atoms with Gasteiger partial charge in [-0.25, -0.2) is 4.39 Å². The lowest BCUT2D eigenvalue weighted by Crippen LogP contribution is -2.49. The second-order valence-electron chi connectivity index (χ2n) is 8.24. The summed E-state index contributed by atoms with van der Waals surface area (Å²) in [5.74, 6) is -1.36. The summed E-state index contributed by atoms with van der Waals surface area (Å²) in [6.45, 7) is 1.29. The molecular formula is C25H26FN3O5. The molecule has 0 spiro atoms. The molecule has 3 aromatic rings. The average Bonchev–Trinajstić information content (AvgIpc) is 3.59. The lowest BCUT2D eigenvalue weighted by atomic mass is 10.1. The number of halogens is 1. The molecule has 2 N–H and O–H groups in total. The quantitative estimate of drug-likeness (QED) is 0.523. The first-order chi connectivity index (χ1) is 16.4. The highest BCUT2D eigenvalue weighted by atomic mass is 19.1. The Bertz CT molecular complexity index is 1150. The lowest BCUT2D eigenvalue weighted by molar-refractivity contribution is -0.127. The van der Waals surface area contributed by atoms with Crippen molar-refractivity contribution in [3.05, 3.63) is 77.9 Å². The van der Waals surface area contributed by atoms with E-state index in [4.69, 9.17) is 8.83 Å². The second kappa shape index (κ2) is 10.4. The van der Waals surface area contributed by atoms with Crippen LogP contribution in [-0.2, 0) is 9.59 Å². The van der Waals surface area contributed by atoms with E-state index in [9.17, 15) is 18.8 Å². The van der Waals surface area contributed by atoms with Crippen molar-refractivity contribution >= 4 is 23.4 Å². The van der Waals surface area contributed by atoms with Crippen LogP contribution in [0, 0.1) is 12.7 Å². The van der Waals surface area contributed by atoms with E-state index in [-0.39, 0.29) is 23.2 Å². The third-order valence-corrected chi connectivity index (χ3v) is 5.74. The molecule has 8 nitrogen and oxygen atoms in total. The smallest absolute Gasteiger partial charge is 0.287 e. The summed E-state index contributed by atoms with van der Waals surface area (Å²) in [4.78, 5) is 40.4. The van der Waals surface area contributed by atoms with Crippen LogP contribution in [-0.4, -0.2) is 30.3 Å². The fourth-order valence-corrected chi connectivity index (χ4v) is 4.12. The number of carbonyl (C=O) groups is 3. The standard InChI is InChI=1S/C25H26FN3O5/c1-16-11-12-20(34-16)23(25(32)28-18-7-2-3-8-18)29(19-9-4-6-17(26)14-19)22(30)15-27-24(31)21-10-5-13-33-21/h4-6,9-14,18,23H,2-3,7-8,15H2,1H3,(H,27,31)(H,28,32)/t23-/m1/s1. The molecule has 0 aliphatic heterocycles. The third-order valence-electron chi connectivity index (χ3n) is 5.74. The number of amides is 3. The SMILES string of the molecule is Cc1ccc([C@H](C(=O)NC2CCCC2)N(C(=O)CNC(=O)c2ccco2)c2cccc(F)c2)o1. The predicted molar refractivity (Wildman–Crippen MR) is 122 cm³/mol. The summed E-state index contributed by atoms with van der Waals surface area (Å²) in [5.41, 5.74) is 0.165. The third kappa shape index (κ3) is 5.36. The Hall–Kier alpha value is -3.88. The first-order valence-corrected chi connectivity index (χ1v) is 11.2. The van der Waals surface area contributed by atoms with Gasteiger partial charge in [0.2, 0.25) is 5.91 Å². The van der Waals surface area contributed by atoms with E-state index < -0.39 is 36.1 Å². The minimum Gasteiger partial charge on any atom is -0.464 e. The van der Waals surface area contributed by atoms with Gasteiger partial charge in [0.1, 0.15) is 17.3 Å². The van der Waals surface area contributed by atoms with E-state index in [1.165, 1.54) is 30.5 Å². The lowest BCUT2D eigenvalue weighted by Gasteiger charge is -2.31. The van der Waals surface area contributed by atoms with Crippen LogP contribution in [0.1, 0.15) is 53.8 Å². The molecule has 34 heavy (non-hydrogen) atoms. The van der Waals surface area contributed by atoms with Crippen LogP contribution in [0.15, 0.2) is 63.6 Å². The molecule has 4 rings (SSSR count). The first-order valence-electron chi connectivity index (χ1n) is 11.2. The second-order valence-corrected chi connectivity index (χ2v) is 8.24. The highest BCUT2D eigenvalue weighted by Crippen LogP contribution is 2.30. The van der Waals surface area contributed by atoms with Gasteiger partial charge in [0.15, 0.2) is 11.8 Å². The van der Waals surface area contributed by atoms with Crippen molar-refractivity contribution in [2.75, 3.05) is 11.4 Å². The molecule has 1 aromatic carbocycles. The fraction of sp³-hybridized carbons (Fsp3) is 0.320. The van der Waals surface area contributed by atoms with Crippen LogP contribution in [0.25, 0.3) is 0 Å². The Morgan fingerprint density at radius 2 is 1.91 bits per heavy atom. The van der Waals surface area contributed by atoms with E-state index in [0.717, 1.165) is 36.6 Å². The van der Waals surface area contributed by atoms with Crippen LogP contribution >= 0.6 is 0 Å². The predicted octanol–water partition coefficient (Wildman–Crippen LogP) is 3.88. The van der Waals surface area contributed by atoms with Crippen molar-refractivity contribution < 1.29 is 27.6 Å². The molecule has 1 aliphatic carbocycles. The van der Waals surface area contributed by atoms with E-state index >= 15 is 0 Å². The van der Waals surface area contributed by atoms with Crippen LogP contribution in [0.4, 0.5) is 10.1 Å². The topological polar surface area (TPSA) is 105 Å². The van der Waals surface area contributed by atoms with Crippen molar-refractivity contribution in [1.29, 1.82) is 0 Å². The van der Waals surface area contributed by atoms with Crippen LogP contribution < -0.4 is 15.5 Å². The van der Waals surface area contributed by atoms with E-state index in [1.807, 2.05) is 0 Å². The van der Waals surface area contributed by atoms with Gasteiger partial charge < -0.3 is 19.5 Å². The average molecular weight is 467 g/mol. The van der Waals surface area contributed by atoms with Gasteiger partial charge in [-0.1, -0.05) is 18.9 Å². The number of anilines is 1. The minimum absolute atomic E-state index is 0.00539. The van der Waals surface area contributed by atoms with Gasteiger partial charge in [0.25, 0.3) is 11.8 Å². The molecule has 9 heteroatoms. The molecular weight excluding hydrogens is 441 g/mol. The number of aryl methyl sites for hydroxylation is 1. The fourth-order valence-electron chi connectivity index (χ4n) is 4.12. The number of nitrogens with one attached hydrogen (secondary N) is 2. The summed E-state index contributed by atoms with van der Waals surface area (Å²) >= 11 is 0. The van der Waals surface area contributed by atoms with E-state index in [0.29, 0.717) is 5.76 Å². The van der Waals surface area contributed by atoms with Crippen molar-refractivity contribution in [2.24, 2.45) is 0 Å². The Balaban J connectivity index is 1.66. The maximum absolute atomic E-state index is 14.1. The monoisotopic (exact) mass is 467 g/mol. The minimum atomic E-state index is -1.19. The van der Waals surface area contributed by atoms with Gasteiger partial charge in [-0.15, -0.1) is 0 Å². The molecule has 3 amide bonds. The summed E-state index contributed by atoms with van der Waals surface area (Å²) in [5, 5.41) is 5.50. The number of nitrogens with zero attached hydrogens (tertiary/aromatic N) is 1. The molecule has 0 bridgehead atoms. The van der Waals surface area contributed by atoms with Gasteiger partial charge in [-0.3, -0.25) is 19.3 Å². The Morgan fingerprint density at radius 3 is 2.56 bits per heavy atom. The summed E-state index contributed by atoms with van der Waals surface area (Å²) in [6, 6.07) is 10.5. The number of carbonyl (C=O) groups excluding carboxylic acids is 3. The number of hydrogen-bond donors (Lipinski definition) is 2. The maximum atomic E-state index is 14.1. The number of rotatable bonds is 8. The largest absolute Gasteiger partial charge is 0.464 e. The molecule has 0 saturated heterocycles. The molecule has 2 aromatic heterocycles. The molecule has 1 fully saturated rings. The number of benzene rings is 1. The zero-order valence-electron chi connectivity index (χ0n) is 18.8. The van der Waals surface area contributed by atoms with Gasteiger partial charge >= 0.3 is 0 Å². The highest BCUT2D eigenvalue weighted by molar-refractivity contribution is 6.04. The number of furan rings is 2. The Kier molecular flexibility index (Phi) is 7.10. The van der Waals surface area contributed by atoms with Gasteiger partial charge in [0, 0.05) is 11.7 Å². The van der Waals surface area contributed by atoms with Gasteiger partial charge in [0.05, 0.1) is 12.8 Å². The molecule has 2 heterocycles. The van der Waals surface area contributed by atoms with Gasteiger partial charge in [-0.2, -0.15) is 0 Å². The summed E-state index contributed by atoms with van der Waals surface area (Å²) < 4.78 is 24.9. The van der Waals surface area contributed by atoms with Crippen LogP contribution in [0.2, 0.25) is 0 Å². The molecule has 0 unspecified atom stereocenters. The van der Waals surface area contributed by atoms with Crippen LogP contribution in [0.5, 0.6) is 0 Å². The van der Waals surface area contributed by atoms with Crippen molar-refractivity contribution in [3.8, 4) is 0 Å². The van der Waals surface area contributed by atoms with Crippen molar-refractivity contribution in [3.63, 3.8) is 0 Å².